The standard InChI is InChI=1S/C20H30N4O3/c1-4-20(5-2)18(26)24(19(27)22-20)15-17(25)21-13-10-14-23(6-3)16-11-8-7-9-12-16/h7-9,11-12H,4-6,10,13-15H2,1-3H3,(H,21,25)(H,22,27). The van der Waals surface area contributed by atoms with Crippen molar-refractivity contribution in [1.29, 1.82) is 0 Å². The quantitative estimate of drug-likeness (QED) is 0.486. The van der Waals surface area contributed by atoms with Crippen LogP contribution in [0.25, 0.3) is 0 Å². The number of amides is 4. The van der Waals surface area contributed by atoms with Gasteiger partial charge in [0.1, 0.15) is 12.1 Å². The van der Waals surface area contributed by atoms with E-state index in [0.717, 1.165) is 30.1 Å². The highest BCUT2D eigenvalue weighted by Gasteiger charge is 2.49. The van der Waals surface area contributed by atoms with E-state index in [4.69, 9.17) is 0 Å². The van der Waals surface area contributed by atoms with Gasteiger partial charge < -0.3 is 15.5 Å². The fourth-order valence-corrected chi connectivity index (χ4v) is 3.35. The number of para-hydroxylation sites is 1. The van der Waals surface area contributed by atoms with Crippen molar-refractivity contribution in [3.05, 3.63) is 30.3 Å². The van der Waals surface area contributed by atoms with Gasteiger partial charge in [-0.15, -0.1) is 0 Å². The van der Waals surface area contributed by atoms with Gasteiger partial charge in [0.05, 0.1) is 0 Å². The van der Waals surface area contributed by atoms with Crippen LogP contribution in [0, 0.1) is 0 Å². The van der Waals surface area contributed by atoms with E-state index in [1.54, 1.807) is 0 Å². The molecule has 0 aromatic heterocycles. The minimum Gasteiger partial charge on any atom is -0.372 e. The predicted molar refractivity (Wildman–Crippen MR) is 106 cm³/mol. The topological polar surface area (TPSA) is 81.8 Å². The smallest absolute Gasteiger partial charge is 0.325 e. The molecule has 1 aliphatic rings. The van der Waals surface area contributed by atoms with Crippen molar-refractivity contribution < 1.29 is 14.4 Å². The third-order valence-corrected chi connectivity index (χ3v) is 5.18. The lowest BCUT2D eigenvalue weighted by molar-refractivity contribution is -0.135. The molecule has 2 N–H and O–H groups in total. The molecule has 7 nitrogen and oxygen atoms in total. The molecule has 1 heterocycles. The maximum Gasteiger partial charge on any atom is 0.325 e. The van der Waals surface area contributed by atoms with E-state index in [1.807, 2.05) is 32.0 Å². The van der Waals surface area contributed by atoms with Gasteiger partial charge >= 0.3 is 6.03 Å². The van der Waals surface area contributed by atoms with Crippen molar-refractivity contribution in [3.63, 3.8) is 0 Å². The molecule has 1 aliphatic heterocycles. The van der Waals surface area contributed by atoms with Crippen molar-refractivity contribution in [3.8, 4) is 0 Å². The number of rotatable bonds is 10. The number of hydrogen-bond donors (Lipinski definition) is 2. The highest BCUT2D eigenvalue weighted by atomic mass is 16.2. The first kappa shape index (κ1) is 20.7. The number of nitrogens with zero attached hydrogens (tertiary/aromatic N) is 2. The monoisotopic (exact) mass is 374 g/mol. The summed E-state index contributed by atoms with van der Waals surface area (Å²) < 4.78 is 0. The molecule has 0 bridgehead atoms. The van der Waals surface area contributed by atoms with Crippen LogP contribution in [0.3, 0.4) is 0 Å². The van der Waals surface area contributed by atoms with Crippen LogP contribution in [0.2, 0.25) is 0 Å². The molecule has 0 atom stereocenters. The van der Waals surface area contributed by atoms with Crippen LogP contribution in [-0.2, 0) is 9.59 Å². The highest BCUT2D eigenvalue weighted by molar-refractivity contribution is 6.08. The number of urea groups is 1. The molecule has 1 saturated heterocycles. The number of hydrogen-bond acceptors (Lipinski definition) is 4. The molecule has 2 rings (SSSR count). The van der Waals surface area contributed by atoms with Crippen LogP contribution in [0.1, 0.15) is 40.0 Å². The Hall–Kier alpha value is -2.57. The van der Waals surface area contributed by atoms with Crippen LogP contribution in [0.15, 0.2) is 30.3 Å². The fraction of sp³-hybridized carbons (Fsp3) is 0.550. The van der Waals surface area contributed by atoms with E-state index in [0.29, 0.717) is 19.4 Å². The zero-order valence-electron chi connectivity index (χ0n) is 16.5. The fourth-order valence-electron chi connectivity index (χ4n) is 3.35. The third-order valence-electron chi connectivity index (χ3n) is 5.18. The third kappa shape index (κ3) is 4.78. The molecule has 0 saturated carbocycles. The zero-order chi connectivity index (χ0) is 19.9. The molecule has 0 spiro atoms. The van der Waals surface area contributed by atoms with Gasteiger partial charge in [0, 0.05) is 25.3 Å². The second-order valence-corrected chi connectivity index (χ2v) is 6.73. The van der Waals surface area contributed by atoms with E-state index in [9.17, 15) is 14.4 Å². The summed E-state index contributed by atoms with van der Waals surface area (Å²) in [5.41, 5.74) is 0.287. The lowest BCUT2D eigenvalue weighted by Crippen LogP contribution is -2.46. The van der Waals surface area contributed by atoms with E-state index in [-0.39, 0.29) is 18.4 Å². The Morgan fingerprint density at radius 1 is 1.15 bits per heavy atom. The zero-order valence-corrected chi connectivity index (χ0v) is 16.5. The molecule has 4 amide bonds. The molecule has 148 valence electrons. The lowest BCUT2D eigenvalue weighted by Gasteiger charge is -2.23. The van der Waals surface area contributed by atoms with Gasteiger partial charge in [0.2, 0.25) is 5.91 Å². The summed E-state index contributed by atoms with van der Waals surface area (Å²) >= 11 is 0. The van der Waals surface area contributed by atoms with Crippen molar-refractivity contribution in [2.75, 3.05) is 31.1 Å². The molecule has 0 aliphatic carbocycles. The van der Waals surface area contributed by atoms with Gasteiger partial charge in [-0.3, -0.25) is 14.5 Å². The second-order valence-electron chi connectivity index (χ2n) is 6.73. The van der Waals surface area contributed by atoms with Gasteiger partial charge in [0.25, 0.3) is 5.91 Å². The Balaban J connectivity index is 1.78. The van der Waals surface area contributed by atoms with Gasteiger partial charge in [-0.05, 0) is 38.3 Å². The molecule has 1 aromatic carbocycles. The second kappa shape index (κ2) is 9.39. The summed E-state index contributed by atoms with van der Waals surface area (Å²) in [4.78, 5) is 40.0. The summed E-state index contributed by atoms with van der Waals surface area (Å²) in [6.07, 6.45) is 1.81. The Bertz CT molecular complexity index is 658. The Morgan fingerprint density at radius 2 is 1.81 bits per heavy atom. The summed E-state index contributed by atoms with van der Waals surface area (Å²) in [7, 11) is 0. The van der Waals surface area contributed by atoms with Crippen LogP contribution >= 0.6 is 0 Å². The highest BCUT2D eigenvalue weighted by Crippen LogP contribution is 2.24. The number of nitrogens with one attached hydrogen (secondary N) is 2. The predicted octanol–water partition coefficient (Wildman–Crippen LogP) is 2.13. The largest absolute Gasteiger partial charge is 0.372 e. The van der Waals surface area contributed by atoms with Gasteiger partial charge in [-0.2, -0.15) is 0 Å². The van der Waals surface area contributed by atoms with Gasteiger partial charge in [0.15, 0.2) is 0 Å². The number of anilines is 1. The molecule has 0 unspecified atom stereocenters. The number of carbonyl (C=O) groups excluding carboxylic acids is 3. The minimum absolute atomic E-state index is 0.234. The SMILES string of the molecule is CCN(CCCNC(=O)CN1C(=O)NC(CC)(CC)C1=O)c1ccccc1. The Morgan fingerprint density at radius 3 is 2.37 bits per heavy atom. The first-order valence-corrected chi connectivity index (χ1v) is 9.68. The maximum absolute atomic E-state index is 12.5. The summed E-state index contributed by atoms with van der Waals surface area (Å²) in [6, 6.07) is 9.63. The average molecular weight is 374 g/mol. The Kier molecular flexibility index (Phi) is 7.21. The molecule has 0 radical (unpaired) electrons. The maximum atomic E-state index is 12.5. The van der Waals surface area contributed by atoms with Crippen molar-refractivity contribution in [1.82, 2.24) is 15.5 Å². The summed E-state index contributed by atoms with van der Waals surface area (Å²) in [6.45, 7) is 7.78. The van der Waals surface area contributed by atoms with Crippen LogP contribution in [-0.4, -0.2) is 54.5 Å². The number of imide groups is 1. The lowest BCUT2D eigenvalue weighted by atomic mass is 9.93. The van der Waals surface area contributed by atoms with Crippen molar-refractivity contribution in [2.24, 2.45) is 0 Å². The van der Waals surface area contributed by atoms with E-state index >= 15 is 0 Å². The number of carbonyl (C=O) groups is 3. The van der Waals surface area contributed by atoms with Gasteiger partial charge in [-0.1, -0.05) is 32.0 Å². The normalized spacial score (nSPS) is 15.6. The average Bonchev–Trinajstić information content (AvgIpc) is 2.93. The summed E-state index contributed by atoms with van der Waals surface area (Å²) in [5, 5.41) is 5.54. The summed E-state index contributed by atoms with van der Waals surface area (Å²) in [5.74, 6) is -0.627. The number of benzene rings is 1. The van der Waals surface area contributed by atoms with Crippen molar-refractivity contribution in [2.45, 2.75) is 45.6 Å². The van der Waals surface area contributed by atoms with Crippen molar-refractivity contribution >= 4 is 23.5 Å². The first-order valence-electron chi connectivity index (χ1n) is 9.68. The van der Waals surface area contributed by atoms with E-state index in [2.05, 4.69) is 34.6 Å². The van der Waals surface area contributed by atoms with Gasteiger partial charge in [-0.25, -0.2) is 4.79 Å². The molecule has 1 aromatic rings. The molecular weight excluding hydrogens is 344 g/mol. The Labute approximate surface area is 161 Å². The van der Waals surface area contributed by atoms with Crippen LogP contribution in [0.5, 0.6) is 0 Å². The van der Waals surface area contributed by atoms with E-state index < -0.39 is 11.6 Å². The molecular formula is C20H30N4O3. The van der Waals surface area contributed by atoms with E-state index in [1.165, 1.54) is 0 Å². The molecule has 27 heavy (non-hydrogen) atoms. The molecule has 1 fully saturated rings. The first-order chi connectivity index (χ1) is 13.0. The minimum atomic E-state index is -0.866. The molecule has 7 heteroatoms. The van der Waals surface area contributed by atoms with Crippen LogP contribution in [0.4, 0.5) is 10.5 Å². The van der Waals surface area contributed by atoms with Crippen LogP contribution < -0.4 is 15.5 Å².